The van der Waals surface area contributed by atoms with Crippen molar-refractivity contribution in [3.63, 3.8) is 0 Å². The molecule has 1 amide bonds. The topological polar surface area (TPSA) is 106 Å². The number of hydrogen-bond acceptors (Lipinski definition) is 6. The van der Waals surface area contributed by atoms with E-state index >= 15 is 0 Å². The maximum absolute atomic E-state index is 13.4. The Kier molecular flexibility index (Phi) is 7.12. The van der Waals surface area contributed by atoms with Crippen LogP contribution in [-0.4, -0.2) is 21.9 Å². The molecular weight excluding hydrogens is 456 g/mol. The third kappa shape index (κ3) is 5.26. The number of anilines is 1. The summed E-state index contributed by atoms with van der Waals surface area (Å²) in [5.41, 5.74) is 1.87. The van der Waals surface area contributed by atoms with Crippen LogP contribution in [0.2, 0.25) is 0 Å². The predicted octanol–water partition coefficient (Wildman–Crippen LogP) is 5.05. The van der Waals surface area contributed by atoms with E-state index in [1.54, 1.807) is 48.7 Å². The monoisotopic (exact) mass is 480 g/mol. The third-order valence-corrected chi connectivity index (χ3v) is 5.33. The number of amides is 1. The van der Waals surface area contributed by atoms with Gasteiger partial charge in [0.2, 0.25) is 5.88 Å². The molecule has 0 bridgehead atoms. The number of ether oxygens (including phenoxy) is 2. The molecule has 0 unspecified atom stereocenters. The zero-order valence-electron chi connectivity index (χ0n) is 20.1. The Balaban J connectivity index is 1.77. The lowest BCUT2D eigenvalue weighted by Gasteiger charge is -2.12. The van der Waals surface area contributed by atoms with Gasteiger partial charge in [-0.25, -0.2) is 0 Å². The fraction of sp³-hybridized carbons (Fsp3) is 0.143. The lowest BCUT2D eigenvalue weighted by molar-refractivity contribution is -0.112. The van der Waals surface area contributed by atoms with Crippen LogP contribution < -0.4 is 20.3 Å². The van der Waals surface area contributed by atoms with Gasteiger partial charge in [-0.2, -0.15) is 10.2 Å². The second-order valence-electron chi connectivity index (χ2n) is 8.02. The van der Waals surface area contributed by atoms with Crippen LogP contribution in [0.25, 0.3) is 11.7 Å². The van der Waals surface area contributed by atoms with Gasteiger partial charge in [0.15, 0.2) is 0 Å². The zero-order valence-corrected chi connectivity index (χ0v) is 20.1. The van der Waals surface area contributed by atoms with Gasteiger partial charge < -0.3 is 14.8 Å². The number of rotatable bonds is 7. The van der Waals surface area contributed by atoms with Gasteiger partial charge in [0.25, 0.3) is 11.5 Å². The summed E-state index contributed by atoms with van der Waals surface area (Å²) in [6.07, 6.45) is 2.79. The van der Waals surface area contributed by atoms with E-state index < -0.39 is 11.5 Å². The fourth-order valence-corrected chi connectivity index (χ4v) is 3.58. The van der Waals surface area contributed by atoms with Gasteiger partial charge in [0, 0.05) is 11.9 Å². The van der Waals surface area contributed by atoms with E-state index in [-0.39, 0.29) is 17.0 Å². The lowest BCUT2D eigenvalue weighted by atomic mass is 10.1. The van der Waals surface area contributed by atoms with Crippen molar-refractivity contribution in [2.24, 2.45) is 0 Å². The summed E-state index contributed by atoms with van der Waals surface area (Å²) in [6, 6.07) is 19.5. The summed E-state index contributed by atoms with van der Waals surface area (Å²) in [6.45, 7) is 6.15. The number of nitriles is 1. The molecule has 8 heteroatoms. The summed E-state index contributed by atoms with van der Waals surface area (Å²) < 4.78 is 12.8. The molecule has 0 saturated carbocycles. The van der Waals surface area contributed by atoms with Crippen molar-refractivity contribution >= 4 is 23.3 Å². The third-order valence-electron chi connectivity index (χ3n) is 5.33. The SMILES string of the molecule is CCOc1ccc(NC(=O)/C(C#N)=C/c2c(Oc3cccc(C)c3)nc3c(C)cccn3c2=O)cc1. The van der Waals surface area contributed by atoms with Crippen molar-refractivity contribution < 1.29 is 14.3 Å². The highest BCUT2D eigenvalue weighted by Crippen LogP contribution is 2.25. The summed E-state index contributed by atoms with van der Waals surface area (Å²) in [5.74, 6) is 0.472. The Morgan fingerprint density at radius 2 is 1.89 bits per heavy atom. The Morgan fingerprint density at radius 1 is 1.11 bits per heavy atom. The van der Waals surface area contributed by atoms with E-state index in [1.165, 1.54) is 10.5 Å². The minimum absolute atomic E-state index is 0.00140. The van der Waals surface area contributed by atoms with Crippen molar-refractivity contribution in [2.75, 3.05) is 11.9 Å². The second kappa shape index (κ2) is 10.6. The molecule has 2 aromatic heterocycles. The van der Waals surface area contributed by atoms with Crippen molar-refractivity contribution in [3.05, 3.63) is 99.5 Å². The molecule has 2 heterocycles. The molecule has 180 valence electrons. The molecule has 4 aromatic rings. The van der Waals surface area contributed by atoms with E-state index in [4.69, 9.17) is 9.47 Å². The van der Waals surface area contributed by atoms with Crippen molar-refractivity contribution in [1.29, 1.82) is 5.26 Å². The fourth-order valence-electron chi connectivity index (χ4n) is 3.58. The van der Waals surface area contributed by atoms with Crippen LogP contribution in [0.5, 0.6) is 17.4 Å². The normalized spacial score (nSPS) is 11.1. The highest BCUT2D eigenvalue weighted by molar-refractivity contribution is 6.09. The summed E-state index contributed by atoms with van der Waals surface area (Å²) in [4.78, 5) is 30.9. The molecule has 0 aliphatic carbocycles. The average molecular weight is 481 g/mol. The number of pyridine rings is 1. The van der Waals surface area contributed by atoms with Gasteiger partial charge in [-0.3, -0.25) is 14.0 Å². The largest absolute Gasteiger partial charge is 0.494 e. The summed E-state index contributed by atoms with van der Waals surface area (Å²) in [7, 11) is 0. The Morgan fingerprint density at radius 3 is 2.58 bits per heavy atom. The number of benzene rings is 2. The molecule has 0 atom stereocenters. The molecule has 4 rings (SSSR count). The van der Waals surface area contributed by atoms with Crippen LogP contribution in [0, 0.1) is 25.2 Å². The first-order valence-corrected chi connectivity index (χ1v) is 11.3. The van der Waals surface area contributed by atoms with Crippen LogP contribution in [-0.2, 0) is 4.79 Å². The van der Waals surface area contributed by atoms with E-state index in [0.717, 1.165) is 11.1 Å². The zero-order chi connectivity index (χ0) is 25.7. The number of carbonyl (C=O) groups excluding carboxylic acids is 1. The summed E-state index contributed by atoms with van der Waals surface area (Å²) >= 11 is 0. The number of aromatic nitrogens is 2. The standard InChI is InChI=1S/C28H24N4O4/c1-4-35-22-12-10-21(11-13-22)30-26(33)20(17-29)16-24-27(36-23-9-5-7-18(2)15-23)31-25-19(3)8-6-14-32(25)28(24)34/h5-16H,4H2,1-3H3,(H,30,33)/b20-16+. The maximum Gasteiger partial charge on any atom is 0.269 e. The van der Waals surface area contributed by atoms with Crippen molar-refractivity contribution in [1.82, 2.24) is 9.38 Å². The first-order chi connectivity index (χ1) is 17.4. The smallest absolute Gasteiger partial charge is 0.269 e. The highest BCUT2D eigenvalue weighted by atomic mass is 16.5. The van der Waals surface area contributed by atoms with Crippen molar-refractivity contribution in [2.45, 2.75) is 20.8 Å². The maximum atomic E-state index is 13.4. The average Bonchev–Trinajstić information content (AvgIpc) is 2.86. The molecule has 0 aliphatic heterocycles. The van der Waals surface area contributed by atoms with Crippen LogP contribution in [0.1, 0.15) is 23.6 Å². The number of fused-ring (bicyclic) bond motifs is 1. The molecule has 0 aliphatic rings. The van der Waals surface area contributed by atoms with E-state index in [0.29, 0.717) is 29.4 Å². The molecule has 0 saturated heterocycles. The molecule has 0 radical (unpaired) electrons. The molecule has 1 N–H and O–H groups in total. The number of hydrogen-bond donors (Lipinski definition) is 1. The number of aryl methyl sites for hydroxylation is 2. The first-order valence-electron chi connectivity index (χ1n) is 11.3. The van der Waals surface area contributed by atoms with Crippen LogP contribution in [0.4, 0.5) is 5.69 Å². The summed E-state index contributed by atoms with van der Waals surface area (Å²) in [5, 5.41) is 12.4. The molecule has 36 heavy (non-hydrogen) atoms. The van der Waals surface area contributed by atoms with Crippen LogP contribution in [0.15, 0.2) is 77.2 Å². The molecule has 0 fully saturated rings. The Bertz CT molecular complexity index is 1560. The molecular formula is C28H24N4O4. The lowest BCUT2D eigenvalue weighted by Crippen LogP contribution is -2.20. The number of nitrogens with zero attached hydrogens (tertiary/aromatic N) is 3. The van der Waals surface area contributed by atoms with E-state index in [1.807, 2.05) is 45.0 Å². The van der Waals surface area contributed by atoms with Crippen molar-refractivity contribution in [3.8, 4) is 23.4 Å². The van der Waals surface area contributed by atoms with Gasteiger partial charge in [-0.1, -0.05) is 18.2 Å². The van der Waals surface area contributed by atoms with E-state index in [2.05, 4.69) is 10.3 Å². The Hall–Kier alpha value is -4.90. The molecule has 0 spiro atoms. The highest BCUT2D eigenvalue weighted by Gasteiger charge is 2.18. The quantitative estimate of drug-likeness (QED) is 0.293. The van der Waals surface area contributed by atoms with Crippen LogP contribution >= 0.6 is 0 Å². The van der Waals surface area contributed by atoms with Crippen LogP contribution in [0.3, 0.4) is 0 Å². The molecule has 2 aromatic carbocycles. The molecule has 8 nitrogen and oxygen atoms in total. The van der Waals surface area contributed by atoms with Gasteiger partial charge in [-0.15, -0.1) is 0 Å². The van der Waals surface area contributed by atoms with E-state index in [9.17, 15) is 14.9 Å². The van der Waals surface area contributed by atoms with Gasteiger partial charge in [-0.05, 0) is 80.4 Å². The van der Waals surface area contributed by atoms with Gasteiger partial charge in [0.05, 0.1) is 6.61 Å². The number of carbonyl (C=O) groups is 1. The van der Waals surface area contributed by atoms with Gasteiger partial charge >= 0.3 is 0 Å². The predicted molar refractivity (Wildman–Crippen MR) is 137 cm³/mol. The van der Waals surface area contributed by atoms with Gasteiger partial charge in [0.1, 0.15) is 34.4 Å². The number of nitrogens with one attached hydrogen (secondary N) is 1. The minimum Gasteiger partial charge on any atom is -0.494 e. The minimum atomic E-state index is -0.670. The second-order valence-corrected chi connectivity index (χ2v) is 8.02. The first kappa shape index (κ1) is 24.2. The Labute approximate surface area is 208 Å².